The Morgan fingerprint density at radius 1 is 1.03 bits per heavy atom. The van der Waals surface area contributed by atoms with Gasteiger partial charge < -0.3 is 15.9 Å². The van der Waals surface area contributed by atoms with Crippen LogP contribution in [0.1, 0.15) is 34.5 Å². The molecule has 3 heterocycles. The van der Waals surface area contributed by atoms with Crippen LogP contribution in [0, 0.1) is 6.92 Å². The molecule has 1 aliphatic rings. The van der Waals surface area contributed by atoms with Crippen molar-refractivity contribution in [2.24, 2.45) is 5.73 Å². The Bertz CT molecular complexity index is 1430. The summed E-state index contributed by atoms with van der Waals surface area (Å²) in [5, 5.41) is 24.8. The van der Waals surface area contributed by atoms with E-state index >= 15 is 0 Å². The van der Waals surface area contributed by atoms with Gasteiger partial charge in [0, 0.05) is 24.2 Å². The molecule has 1 atom stereocenters. The average molecular weight is 472 g/mol. The molecule has 0 spiro atoms. The number of fused-ring (bicyclic) bond motifs is 1. The number of phenols is 1. The summed E-state index contributed by atoms with van der Waals surface area (Å²) in [6.07, 6.45) is 1.79. The molecule has 1 fully saturated rings. The fourth-order valence-corrected chi connectivity index (χ4v) is 5.02. The molecule has 9 nitrogen and oxygen atoms in total. The Hall–Kier alpha value is -4.24. The molecule has 0 aliphatic carbocycles. The number of aromatic nitrogens is 3. The van der Waals surface area contributed by atoms with Gasteiger partial charge in [0.1, 0.15) is 5.75 Å². The van der Waals surface area contributed by atoms with Crippen LogP contribution in [0.3, 0.4) is 0 Å². The van der Waals surface area contributed by atoms with Gasteiger partial charge in [-0.2, -0.15) is 5.10 Å². The van der Waals surface area contributed by atoms with Gasteiger partial charge >= 0.3 is 5.97 Å². The van der Waals surface area contributed by atoms with Crippen LogP contribution < -0.4 is 5.73 Å². The predicted octanol–water partition coefficient (Wildman–Crippen LogP) is 3.09. The van der Waals surface area contributed by atoms with Gasteiger partial charge in [-0.15, -0.1) is 0 Å². The predicted molar refractivity (Wildman–Crippen MR) is 130 cm³/mol. The van der Waals surface area contributed by atoms with E-state index in [1.165, 1.54) is 22.9 Å². The van der Waals surface area contributed by atoms with Crippen molar-refractivity contribution < 1.29 is 19.8 Å². The minimum Gasteiger partial charge on any atom is -0.508 e. The van der Waals surface area contributed by atoms with Gasteiger partial charge in [0.2, 0.25) is 5.66 Å². The quantitative estimate of drug-likeness (QED) is 0.393. The Morgan fingerprint density at radius 2 is 1.69 bits per heavy atom. The molecule has 1 unspecified atom stereocenters. The van der Waals surface area contributed by atoms with Crippen molar-refractivity contribution in [1.29, 1.82) is 0 Å². The first-order valence-corrected chi connectivity index (χ1v) is 11.4. The van der Waals surface area contributed by atoms with Crippen molar-refractivity contribution in [3.63, 3.8) is 0 Å². The number of primary amides is 1. The maximum Gasteiger partial charge on any atom is 0.336 e. The molecule has 2 aromatic carbocycles. The first kappa shape index (κ1) is 22.5. The smallest absolute Gasteiger partial charge is 0.336 e. The molecule has 35 heavy (non-hydrogen) atoms. The molecule has 5 rings (SSSR count). The summed E-state index contributed by atoms with van der Waals surface area (Å²) in [4.78, 5) is 32.5. The van der Waals surface area contributed by atoms with E-state index in [0.29, 0.717) is 41.0 Å². The van der Waals surface area contributed by atoms with E-state index in [1.54, 1.807) is 19.1 Å². The van der Waals surface area contributed by atoms with E-state index in [4.69, 9.17) is 15.8 Å². The van der Waals surface area contributed by atoms with Gasteiger partial charge in [-0.25, -0.2) is 14.5 Å². The molecule has 9 heteroatoms. The highest BCUT2D eigenvalue weighted by Gasteiger charge is 2.49. The Balaban J connectivity index is 1.89. The number of rotatable bonds is 6. The van der Waals surface area contributed by atoms with E-state index in [9.17, 15) is 19.8 Å². The van der Waals surface area contributed by atoms with Crippen molar-refractivity contribution in [3.05, 3.63) is 77.5 Å². The molecule has 4 aromatic rings. The molecule has 1 saturated heterocycles. The number of carbonyl (C=O) groups excluding carboxylic acids is 1. The molecular formula is C26H25N5O4. The molecule has 0 bridgehead atoms. The Labute approximate surface area is 201 Å². The van der Waals surface area contributed by atoms with Crippen LogP contribution in [0.25, 0.3) is 22.3 Å². The lowest BCUT2D eigenvalue weighted by molar-refractivity contribution is -0.133. The van der Waals surface area contributed by atoms with Gasteiger partial charge in [0.05, 0.1) is 22.3 Å². The molecule has 4 N–H and O–H groups in total. The van der Waals surface area contributed by atoms with Gasteiger partial charge in [0.25, 0.3) is 5.91 Å². The van der Waals surface area contributed by atoms with Crippen molar-refractivity contribution in [3.8, 4) is 17.0 Å². The van der Waals surface area contributed by atoms with Gasteiger partial charge in [-0.05, 0) is 50.1 Å². The monoisotopic (exact) mass is 471 g/mol. The number of nitrogens with two attached hydrogens (primary N) is 1. The molecule has 0 radical (unpaired) electrons. The van der Waals surface area contributed by atoms with Crippen molar-refractivity contribution in [2.75, 3.05) is 13.1 Å². The zero-order valence-corrected chi connectivity index (χ0v) is 19.2. The minimum atomic E-state index is -1.49. The zero-order valence-electron chi connectivity index (χ0n) is 19.2. The number of phenolic OH excluding ortho intramolecular Hbond substituents is 1. The lowest BCUT2D eigenvalue weighted by Crippen LogP contribution is -2.59. The Kier molecular flexibility index (Phi) is 5.49. The lowest BCUT2D eigenvalue weighted by Gasteiger charge is -2.39. The van der Waals surface area contributed by atoms with Crippen LogP contribution >= 0.6 is 0 Å². The highest BCUT2D eigenvalue weighted by molar-refractivity contribution is 6.04. The highest BCUT2D eigenvalue weighted by atomic mass is 16.4. The molecule has 178 valence electrons. The maximum absolute atomic E-state index is 13.4. The molecular weight excluding hydrogens is 446 g/mol. The van der Waals surface area contributed by atoms with Crippen LogP contribution in [-0.4, -0.2) is 54.8 Å². The van der Waals surface area contributed by atoms with E-state index in [2.05, 4.69) is 0 Å². The van der Waals surface area contributed by atoms with E-state index in [1.807, 2.05) is 35.2 Å². The van der Waals surface area contributed by atoms with Crippen LogP contribution in [0.5, 0.6) is 5.75 Å². The summed E-state index contributed by atoms with van der Waals surface area (Å²) in [5.41, 5.74) is 7.01. The number of likely N-dealkylation sites (tertiary alicyclic amines) is 1. The number of carboxylic acid groups (broad SMARTS) is 1. The van der Waals surface area contributed by atoms with E-state index in [-0.39, 0.29) is 17.0 Å². The second kappa shape index (κ2) is 8.52. The van der Waals surface area contributed by atoms with Crippen molar-refractivity contribution >= 4 is 22.9 Å². The minimum absolute atomic E-state index is 0.0229. The van der Waals surface area contributed by atoms with Crippen LogP contribution in [0.2, 0.25) is 0 Å². The fourth-order valence-electron chi connectivity index (χ4n) is 5.02. The molecule has 2 aromatic heterocycles. The fraction of sp³-hybridized carbons (Fsp3) is 0.231. The number of hydrogen-bond acceptors (Lipinski definition) is 6. The summed E-state index contributed by atoms with van der Waals surface area (Å²) in [7, 11) is 0. The SMILES string of the molecule is Cc1nn(C(C(N)=O)(c2ccccc2)N2CCCC2)c2nc(-c3ccc(O)cc3)cc(C(=O)O)c12. The first-order valence-electron chi connectivity index (χ1n) is 11.4. The topological polar surface area (TPSA) is 135 Å². The van der Waals surface area contributed by atoms with Crippen LogP contribution in [-0.2, 0) is 10.5 Å². The van der Waals surface area contributed by atoms with Gasteiger partial charge in [-0.3, -0.25) is 9.69 Å². The summed E-state index contributed by atoms with van der Waals surface area (Å²) < 4.78 is 1.50. The number of hydrogen-bond donors (Lipinski definition) is 3. The maximum atomic E-state index is 13.4. The summed E-state index contributed by atoms with van der Waals surface area (Å²) in [6.45, 7) is 2.96. The van der Waals surface area contributed by atoms with Crippen molar-refractivity contribution in [1.82, 2.24) is 19.7 Å². The van der Waals surface area contributed by atoms with Crippen LogP contribution in [0.4, 0.5) is 0 Å². The number of aromatic hydroxyl groups is 1. The largest absolute Gasteiger partial charge is 0.508 e. The summed E-state index contributed by atoms with van der Waals surface area (Å²) >= 11 is 0. The number of nitrogens with zero attached hydrogens (tertiary/aromatic N) is 4. The summed E-state index contributed by atoms with van der Waals surface area (Å²) in [5.74, 6) is -1.67. The first-order chi connectivity index (χ1) is 16.8. The second-order valence-corrected chi connectivity index (χ2v) is 8.70. The normalized spacial score (nSPS) is 15.8. The number of aromatic carboxylic acids is 1. The standard InChI is InChI=1S/C26H25N5O4/c1-16-22-20(24(33)34)15-21(17-9-11-19(32)12-10-17)28-23(22)31(29-16)26(25(27)35,30-13-5-6-14-30)18-7-3-2-4-8-18/h2-4,7-12,15,32H,5-6,13-14H2,1H3,(H2,27,35)(H,33,34). The average Bonchev–Trinajstić information content (AvgIpc) is 3.49. The number of benzene rings is 2. The van der Waals surface area contributed by atoms with Gasteiger partial charge in [-0.1, -0.05) is 30.3 Å². The number of aryl methyl sites for hydroxylation is 1. The van der Waals surface area contributed by atoms with Crippen molar-refractivity contribution in [2.45, 2.75) is 25.4 Å². The Morgan fingerprint density at radius 3 is 2.29 bits per heavy atom. The highest BCUT2D eigenvalue weighted by Crippen LogP contribution is 2.38. The lowest BCUT2D eigenvalue weighted by atomic mass is 9.96. The summed E-state index contributed by atoms with van der Waals surface area (Å²) in [6, 6.07) is 17.0. The second-order valence-electron chi connectivity index (χ2n) is 8.70. The number of pyridine rings is 1. The third kappa shape index (κ3) is 3.52. The third-order valence-corrected chi connectivity index (χ3v) is 6.60. The van der Waals surface area contributed by atoms with Gasteiger partial charge in [0.15, 0.2) is 5.65 Å². The molecule has 0 saturated carbocycles. The number of carboxylic acids is 1. The van der Waals surface area contributed by atoms with E-state index in [0.717, 1.165) is 12.8 Å². The number of amides is 1. The van der Waals surface area contributed by atoms with Crippen LogP contribution in [0.15, 0.2) is 60.7 Å². The molecule has 1 aliphatic heterocycles. The number of carbonyl (C=O) groups is 2. The third-order valence-electron chi connectivity index (χ3n) is 6.60. The molecule has 1 amide bonds. The zero-order chi connectivity index (χ0) is 24.7. The van der Waals surface area contributed by atoms with E-state index < -0.39 is 17.5 Å².